The third kappa shape index (κ3) is 4.92. The molecule has 1 aromatic rings. The predicted molar refractivity (Wildman–Crippen MR) is 111 cm³/mol. The quantitative estimate of drug-likeness (QED) is 0.537. The van der Waals surface area contributed by atoms with Crippen LogP contribution in [-0.4, -0.2) is 50.2 Å². The molecule has 1 aliphatic heterocycles. The first kappa shape index (κ1) is 21.2. The number of methoxy groups -OCH3 is 2. The van der Waals surface area contributed by atoms with E-state index in [2.05, 4.69) is 20.8 Å². The number of benzene rings is 1. The van der Waals surface area contributed by atoms with Crippen molar-refractivity contribution in [1.82, 2.24) is 4.90 Å². The third-order valence-electron chi connectivity index (χ3n) is 5.91. The normalized spacial score (nSPS) is 25.1. The monoisotopic (exact) mass is 401 g/mol. The highest BCUT2D eigenvalue weighted by Crippen LogP contribution is 2.52. The first-order valence-corrected chi connectivity index (χ1v) is 10.0. The zero-order chi connectivity index (χ0) is 21.2. The minimum Gasteiger partial charge on any atom is -0.497 e. The van der Waals surface area contributed by atoms with Gasteiger partial charge in [-0.25, -0.2) is 4.79 Å². The van der Waals surface area contributed by atoms with Crippen molar-refractivity contribution in [2.45, 2.75) is 46.1 Å². The van der Waals surface area contributed by atoms with Gasteiger partial charge < -0.3 is 19.1 Å². The van der Waals surface area contributed by atoms with Crippen LogP contribution in [-0.2, 0) is 14.3 Å². The van der Waals surface area contributed by atoms with Crippen LogP contribution in [0.3, 0.4) is 0 Å². The van der Waals surface area contributed by atoms with E-state index in [-0.39, 0.29) is 29.4 Å². The smallest absolute Gasteiger partial charge is 0.331 e. The summed E-state index contributed by atoms with van der Waals surface area (Å²) in [4.78, 5) is 26.7. The van der Waals surface area contributed by atoms with E-state index in [0.717, 1.165) is 31.4 Å². The van der Waals surface area contributed by atoms with Crippen LogP contribution >= 0.6 is 0 Å². The predicted octanol–water partition coefficient (Wildman–Crippen LogP) is 3.69. The molecule has 158 valence electrons. The number of hydrogen-bond acceptors (Lipinski definition) is 5. The van der Waals surface area contributed by atoms with Crippen LogP contribution < -0.4 is 9.47 Å². The summed E-state index contributed by atoms with van der Waals surface area (Å²) in [5.74, 6) is 0.592. The number of amides is 1. The van der Waals surface area contributed by atoms with E-state index >= 15 is 0 Å². The fourth-order valence-electron chi connectivity index (χ4n) is 5.13. The lowest BCUT2D eigenvalue weighted by molar-refractivity contribution is -0.148. The summed E-state index contributed by atoms with van der Waals surface area (Å²) in [6.07, 6.45) is 6.07. The molecule has 1 heterocycles. The molecule has 2 atom stereocenters. The fourth-order valence-corrected chi connectivity index (χ4v) is 5.13. The first-order valence-electron chi connectivity index (χ1n) is 10.0. The van der Waals surface area contributed by atoms with Gasteiger partial charge in [-0.2, -0.15) is 0 Å². The van der Waals surface area contributed by atoms with Gasteiger partial charge in [0.15, 0.2) is 6.61 Å². The van der Waals surface area contributed by atoms with Crippen molar-refractivity contribution in [3.05, 3.63) is 29.8 Å². The summed E-state index contributed by atoms with van der Waals surface area (Å²) in [7, 11) is 3.13. The van der Waals surface area contributed by atoms with E-state index in [1.165, 1.54) is 6.08 Å². The van der Waals surface area contributed by atoms with Gasteiger partial charge in [-0.3, -0.25) is 4.79 Å². The Labute approximate surface area is 172 Å². The third-order valence-corrected chi connectivity index (χ3v) is 5.91. The molecule has 0 unspecified atom stereocenters. The molecule has 3 rings (SSSR count). The Morgan fingerprint density at radius 1 is 1.17 bits per heavy atom. The SMILES string of the molecule is COc1ccc(/C=C/C(=O)OCC(=O)N2C[C@]3(C)C[C@H]2CC(C)(C)C3)c(OC)c1. The molecule has 0 N–H and O–H groups in total. The van der Waals surface area contributed by atoms with Gasteiger partial charge in [0.2, 0.25) is 0 Å². The van der Waals surface area contributed by atoms with Gasteiger partial charge in [0.05, 0.1) is 14.2 Å². The first-order chi connectivity index (χ1) is 13.6. The van der Waals surface area contributed by atoms with Crippen LogP contribution in [0.15, 0.2) is 24.3 Å². The Morgan fingerprint density at radius 3 is 2.62 bits per heavy atom. The van der Waals surface area contributed by atoms with E-state index in [4.69, 9.17) is 14.2 Å². The maximum absolute atomic E-state index is 12.7. The fraction of sp³-hybridized carbons (Fsp3) is 0.565. The van der Waals surface area contributed by atoms with Crippen molar-refractivity contribution < 1.29 is 23.8 Å². The van der Waals surface area contributed by atoms with Crippen molar-refractivity contribution in [3.8, 4) is 11.5 Å². The van der Waals surface area contributed by atoms with Crippen LogP contribution in [0.1, 0.15) is 45.6 Å². The molecule has 29 heavy (non-hydrogen) atoms. The Balaban J connectivity index is 1.56. The molecule has 2 fully saturated rings. The van der Waals surface area contributed by atoms with Gasteiger partial charge in [-0.15, -0.1) is 0 Å². The Morgan fingerprint density at radius 2 is 1.93 bits per heavy atom. The lowest BCUT2D eigenvalue weighted by Crippen LogP contribution is -2.39. The molecule has 1 aliphatic carbocycles. The van der Waals surface area contributed by atoms with Crippen molar-refractivity contribution in [3.63, 3.8) is 0 Å². The van der Waals surface area contributed by atoms with E-state index in [9.17, 15) is 9.59 Å². The van der Waals surface area contributed by atoms with Crippen molar-refractivity contribution in [2.75, 3.05) is 27.4 Å². The molecular formula is C23H31NO5. The highest BCUT2D eigenvalue weighted by molar-refractivity contribution is 5.89. The molecule has 2 aliphatic rings. The van der Waals surface area contributed by atoms with E-state index < -0.39 is 5.97 Å². The molecular weight excluding hydrogens is 370 g/mol. The minimum atomic E-state index is -0.551. The molecule has 1 saturated heterocycles. The Hall–Kier alpha value is -2.50. The number of nitrogens with zero attached hydrogens (tertiary/aromatic N) is 1. The molecule has 0 spiro atoms. The standard InChI is InChI=1S/C23H31NO5/c1-22(2)11-17-12-23(3,14-22)15-24(17)20(25)13-29-21(26)9-7-16-6-8-18(27-4)10-19(16)28-5/h6-10,17H,11-15H2,1-5H3/b9-7+/t17-,23-/m1/s1. The number of carbonyl (C=O) groups is 2. The highest BCUT2D eigenvalue weighted by Gasteiger charge is 2.50. The second kappa shape index (κ2) is 8.09. The zero-order valence-corrected chi connectivity index (χ0v) is 18.0. The second-order valence-electron chi connectivity index (χ2n) is 9.28. The average molecular weight is 402 g/mol. The number of hydrogen-bond donors (Lipinski definition) is 0. The van der Waals surface area contributed by atoms with Crippen LogP contribution in [0.25, 0.3) is 6.08 Å². The van der Waals surface area contributed by atoms with Crippen LogP contribution in [0.4, 0.5) is 0 Å². The number of carbonyl (C=O) groups excluding carboxylic acids is 2. The van der Waals surface area contributed by atoms with Crippen molar-refractivity contribution >= 4 is 18.0 Å². The maximum atomic E-state index is 12.7. The molecule has 0 radical (unpaired) electrons. The molecule has 6 heteroatoms. The summed E-state index contributed by atoms with van der Waals surface area (Å²) < 4.78 is 15.7. The average Bonchev–Trinajstić information content (AvgIpc) is 2.92. The number of esters is 1. The van der Waals surface area contributed by atoms with E-state index in [0.29, 0.717) is 11.5 Å². The maximum Gasteiger partial charge on any atom is 0.331 e. The topological polar surface area (TPSA) is 65.1 Å². The molecule has 1 amide bonds. The van der Waals surface area contributed by atoms with Crippen LogP contribution in [0.5, 0.6) is 11.5 Å². The summed E-state index contributed by atoms with van der Waals surface area (Å²) >= 11 is 0. The second-order valence-corrected chi connectivity index (χ2v) is 9.28. The van der Waals surface area contributed by atoms with E-state index in [1.807, 2.05) is 4.90 Å². The number of rotatable bonds is 6. The van der Waals surface area contributed by atoms with Crippen molar-refractivity contribution in [1.29, 1.82) is 0 Å². The summed E-state index contributed by atoms with van der Waals surface area (Å²) in [6, 6.07) is 5.56. The number of ether oxygens (including phenoxy) is 3. The molecule has 1 saturated carbocycles. The summed E-state index contributed by atoms with van der Waals surface area (Å²) in [5, 5.41) is 0. The lowest BCUT2D eigenvalue weighted by atomic mass is 9.65. The Kier molecular flexibility index (Phi) is 5.92. The number of likely N-dealkylation sites (tertiary alicyclic amines) is 1. The van der Waals surface area contributed by atoms with Gasteiger partial charge in [-0.05, 0) is 48.3 Å². The summed E-state index contributed by atoms with van der Waals surface area (Å²) in [5.41, 5.74) is 1.13. The lowest BCUT2D eigenvalue weighted by Gasteiger charge is -2.39. The van der Waals surface area contributed by atoms with Gasteiger partial charge in [-0.1, -0.05) is 20.8 Å². The van der Waals surface area contributed by atoms with Crippen LogP contribution in [0.2, 0.25) is 0 Å². The molecule has 2 bridgehead atoms. The largest absolute Gasteiger partial charge is 0.497 e. The molecule has 0 aromatic heterocycles. The highest BCUT2D eigenvalue weighted by atomic mass is 16.5. The number of fused-ring (bicyclic) bond motifs is 2. The van der Waals surface area contributed by atoms with Gasteiger partial charge >= 0.3 is 5.97 Å². The van der Waals surface area contributed by atoms with Gasteiger partial charge in [0.25, 0.3) is 5.91 Å². The minimum absolute atomic E-state index is 0.111. The van der Waals surface area contributed by atoms with Crippen molar-refractivity contribution in [2.24, 2.45) is 10.8 Å². The van der Waals surface area contributed by atoms with E-state index in [1.54, 1.807) is 38.5 Å². The zero-order valence-electron chi connectivity index (χ0n) is 18.0. The summed E-state index contributed by atoms with van der Waals surface area (Å²) in [6.45, 7) is 7.31. The molecule has 6 nitrogen and oxygen atoms in total. The molecule has 1 aromatic carbocycles. The van der Waals surface area contributed by atoms with Crippen LogP contribution in [0, 0.1) is 10.8 Å². The Bertz CT molecular complexity index is 815. The van der Waals surface area contributed by atoms with Gasteiger partial charge in [0, 0.05) is 30.3 Å². The van der Waals surface area contributed by atoms with Gasteiger partial charge in [0.1, 0.15) is 11.5 Å².